The highest BCUT2D eigenvalue weighted by atomic mass is 32.2. The number of halogens is 7. The number of sulfonamides is 2. The summed E-state index contributed by atoms with van der Waals surface area (Å²) in [5, 5.41) is 1.31. The van der Waals surface area contributed by atoms with Gasteiger partial charge in [-0.25, -0.2) is 26.0 Å². The summed E-state index contributed by atoms with van der Waals surface area (Å²) in [5.41, 5.74) is -5.48. The molecular formula is C26H26F7N3O8S2. The lowest BCUT2D eigenvalue weighted by atomic mass is 10.1. The van der Waals surface area contributed by atoms with Crippen molar-refractivity contribution in [2.45, 2.75) is 73.7 Å². The van der Waals surface area contributed by atoms with Gasteiger partial charge in [0.1, 0.15) is 17.7 Å². The van der Waals surface area contributed by atoms with Gasteiger partial charge in [-0.3, -0.25) is 19.1 Å². The van der Waals surface area contributed by atoms with Crippen molar-refractivity contribution in [1.29, 1.82) is 0 Å². The Bertz CT molecular complexity index is 1740. The number of carbonyl (C=O) groups is 2. The van der Waals surface area contributed by atoms with Crippen molar-refractivity contribution in [3.8, 4) is 5.75 Å². The molecule has 20 heteroatoms. The lowest BCUT2D eigenvalue weighted by molar-refractivity contribution is -0.242. The van der Waals surface area contributed by atoms with Crippen molar-refractivity contribution in [2.24, 2.45) is 0 Å². The van der Waals surface area contributed by atoms with Gasteiger partial charge in [0.15, 0.2) is 0 Å². The van der Waals surface area contributed by atoms with Gasteiger partial charge in [-0.1, -0.05) is 0 Å². The van der Waals surface area contributed by atoms with Crippen LogP contribution in [0.4, 0.5) is 46.9 Å². The van der Waals surface area contributed by atoms with E-state index in [1.165, 1.54) is 0 Å². The molecule has 2 aliphatic rings. The smallest absolute Gasteiger partial charge is 0.427 e. The van der Waals surface area contributed by atoms with Crippen molar-refractivity contribution in [2.75, 3.05) is 16.2 Å². The van der Waals surface area contributed by atoms with Gasteiger partial charge in [-0.05, 0) is 69.5 Å². The maximum absolute atomic E-state index is 14.0. The van der Waals surface area contributed by atoms with Crippen LogP contribution in [-0.2, 0) is 35.8 Å². The Kier molecular flexibility index (Phi) is 9.21. The fourth-order valence-electron chi connectivity index (χ4n) is 4.17. The third-order valence-corrected chi connectivity index (χ3v) is 10.5. The summed E-state index contributed by atoms with van der Waals surface area (Å²) in [7, 11) is -8.86. The third-order valence-electron chi connectivity index (χ3n) is 6.91. The first kappa shape index (κ1) is 35.1. The average Bonchev–Trinajstić information content (AvgIpc) is 3.76. The van der Waals surface area contributed by atoms with E-state index in [9.17, 15) is 57.2 Å². The average molecular weight is 706 g/mol. The minimum absolute atomic E-state index is 0.0731. The molecule has 4 rings (SSSR count). The van der Waals surface area contributed by atoms with Gasteiger partial charge in [0.05, 0.1) is 27.9 Å². The van der Waals surface area contributed by atoms with E-state index in [2.05, 4.69) is 4.74 Å². The van der Waals surface area contributed by atoms with Gasteiger partial charge in [0, 0.05) is 12.1 Å². The summed E-state index contributed by atoms with van der Waals surface area (Å²) in [6.45, 7) is 0.508. The molecule has 1 saturated carbocycles. The predicted octanol–water partition coefficient (Wildman–Crippen LogP) is 5.08. The molecule has 2 N–H and O–H groups in total. The van der Waals surface area contributed by atoms with Crippen LogP contribution in [0, 0.1) is 5.82 Å². The Morgan fingerprint density at radius 2 is 1.65 bits per heavy atom. The van der Waals surface area contributed by atoms with Crippen LogP contribution in [0.2, 0.25) is 0 Å². The molecular weight excluding hydrogens is 679 g/mol. The molecule has 0 unspecified atom stereocenters. The lowest BCUT2D eigenvalue weighted by Gasteiger charge is -2.36. The Morgan fingerprint density at radius 1 is 1.00 bits per heavy atom. The van der Waals surface area contributed by atoms with E-state index in [-0.39, 0.29) is 29.6 Å². The van der Waals surface area contributed by atoms with Crippen LogP contribution < -0.4 is 19.1 Å². The second kappa shape index (κ2) is 12.1. The van der Waals surface area contributed by atoms with E-state index >= 15 is 0 Å². The first-order chi connectivity index (χ1) is 21.0. The number of nitrogens with one attached hydrogen (secondary N) is 2. The maximum Gasteiger partial charge on any atom is 0.427 e. The Morgan fingerprint density at radius 3 is 2.24 bits per heavy atom. The van der Waals surface area contributed by atoms with Crippen LogP contribution in [-0.4, -0.2) is 58.5 Å². The van der Waals surface area contributed by atoms with E-state index in [4.69, 9.17) is 4.74 Å². The van der Waals surface area contributed by atoms with Crippen LogP contribution in [0.25, 0.3) is 0 Å². The van der Waals surface area contributed by atoms with Gasteiger partial charge < -0.3 is 9.47 Å². The Labute approximate surface area is 258 Å². The van der Waals surface area contributed by atoms with Crippen LogP contribution >= 0.6 is 0 Å². The molecule has 1 heterocycles. The number of fused-ring (bicyclic) bond motifs is 1. The molecule has 1 aliphatic carbocycles. The molecule has 2 aromatic rings. The topological polar surface area (TPSA) is 148 Å². The highest BCUT2D eigenvalue weighted by Crippen LogP contribution is 2.41. The number of rotatable bonds is 9. The summed E-state index contributed by atoms with van der Waals surface area (Å²) < 4.78 is 158. The first-order valence-electron chi connectivity index (χ1n) is 13.3. The molecule has 1 aliphatic heterocycles. The molecule has 2 aromatic carbocycles. The molecule has 0 saturated heterocycles. The van der Waals surface area contributed by atoms with E-state index < -0.39 is 90.6 Å². The molecule has 0 radical (unpaired) electrons. The van der Waals surface area contributed by atoms with Crippen LogP contribution in [0.15, 0.2) is 41.3 Å². The van der Waals surface area contributed by atoms with E-state index in [1.807, 2.05) is 10.0 Å². The number of benzene rings is 2. The fourth-order valence-corrected chi connectivity index (χ4v) is 7.04. The standard InChI is InChI=1S/C26H26F7N3O8S2/c1-24(2,26(31,32)33)44-23(38)34-14-3-9-21-20(11-14)36(46(41,42)17-7-8-19(27)18(12-17)25(28,29)30)13-15(43-21)4-10-22(37)35-45(39,40)16-5-6-16/h3,7-9,11-12,15-16H,4-6,10,13H2,1-2H3,(H,34,38)(H,35,37)/t15-/m0/s1. The Balaban J connectivity index is 1.65. The summed E-state index contributed by atoms with van der Waals surface area (Å²) in [4.78, 5) is 23.5. The number of carbonyl (C=O) groups excluding carboxylic acids is 2. The minimum Gasteiger partial charge on any atom is -0.486 e. The maximum atomic E-state index is 14.0. The van der Waals surface area contributed by atoms with Gasteiger partial charge in [0.2, 0.25) is 21.5 Å². The predicted molar refractivity (Wildman–Crippen MR) is 146 cm³/mol. The SMILES string of the molecule is CC(C)(OC(=O)Nc1ccc2c(c1)N(S(=O)(=O)c1ccc(F)c(C(F)(F)F)c1)C[C@H](CCC(=O)NS(=O)(=O)C1CC1)O2)C(F)(F)F. The van der Waals surface area contributed by atoms with Gasteiger partial charge in [-0.15, -0.1) is 0 Å². The molecule has 0 spiro atoms. The molecule has 11 nitrogen and oxygen atoms in total. The van der Waals surface area contributed by atoms with E-state index in [1.54, 1.807) is 0 Å². The number of hydrogen-bond donors (Lipinski definition) is 2. The summed E-state index contributed by atoms with van der Waals surface area (Å²) in [6, 6.07) is 4.09. The molecule has 0 aromatic heterocycles. The minimum atomic E-state index is -5.27. The second-order valence-corrected chi connectivity index (χ2v) is 14.8. The third kappa shape index (κ3) is 7.76. The molecule has 1 atom stereocenters. The van der Waals surface area contributed by atoms with Crippen molar-refractivity contribution in [3.63, 3.8) is 0 Å². The van der Waals surface area contributed by atoms with Gasteiger partial charge >= 0.3 is 18.4 Å². The number of anilines is 2. The second-order valence-electron chi connectivity index (χ2n) is 10.9. The van der Waals surface area contributed by atoms with E-state index in [0.717, 1.165) is 18.2 Å². The van der Waals surface area contributed by atoms with Crippen LogP contribution in [0.3, 0.4) is 0 Å². The fraction of sp³-hybridized carbons (Fsp3) is 0.462. The molecule has 2 amide bonds. The zero-order valence-corrected chi connectivity index (χ0v) is 25.5. The molecule has 254 valence electrons. The highest BCUT2D eigenvalue weighted by molar-refractivity contribution is 7.92. The van der Waals surface area contributed by atoms with Crippen LogP contribution in [0.1, 0.15) is 45.1 Å². The number of ether oxygens (including phenoxy) is 2. The highest BCUT2D eigenvalue weighted by Gasteiger charge is 2.51. The van der Waals surface area contributed by atoms with E-state index in [0.29, 0.717) is 43.1 Å². The molecule has 0 bridgehead atoms. The molecule has 46 heavy (non-hydrogen) atoms. The largest absolute Gasteiger partial charge is 0.486 e. The van der Waals surface area contributed by atoms with Crippen LogP contribution in [0.5, 0.6) is 5.75 Å². The summed E-state index contributed by atoms with van der Waals surface area (Å²) >= 11 is 0. The van der Waals surface area contributed by atoms with Crippen molar-refractivity contribution < 1.29 is 66.6 Å². The zero-order chi connectivity index (χ0) is 34.5. The number of hydrogen-bond acceptors (Lipinski definition) is 8. The van der Waals surface area contributed by atoms with Crippen molar-refractivity contribution >= 4 is 43.4 Å². The quantitative estimate of drug-likeness (QED) is 0.344. The number of alkyl halides is 6. The monoisotopic (exact) mass is 705 g/mol. The number of nitrogens with zero attached hydrogens (tertiary/aromatic N) is 1. The lowest BCUT2D eigenvalue weighted by Crippen LogP contribution is -2.45. The summed E-state index contributed by atoms with van der Waals surface area (Å²) in [6.07, 6.45) is -12.9. The summed E-state index contributed by atoms with van der Waals surface area (Å²) in [5.74, 6) is -2.90. The van der Waals surface area contributed by atoms with Gasteiger partial charge in [-0.2, -0.15) is 26.3 Å². The van der Waals surface area contributed by atoms with Gasteiger partial charge in [0.25, 0.3) is 10.0 Å². The normalized spacial score (nSPS) is 17.5. The van der Waals surface area contributed by atoms with Crippen molar-refractivity contribution in [1.82, 2.24) is 4.72 Å². The Hall–Kier alpha value is -3.81. The van der Waals surface area contributed by atoms with Crippen molar-refractivity contribution in [3.05, 3.63) is 47.8 Å². The zero-order valence-electron chi connectivity index (χ0n) is 23.8. The molecule has 1 fully saturated rings. The first-order valence-corrected chi connectivity index (χ1v) is 16.3. The number of amides is 2.